The van der Waals surface area contributed by atoms with E-state index >= 15 is 0 Å². The molecule has 1 aliphatic rings. The number of halogens is 3. The van der Waals surface area contributed by atoms with E-state index in [0.29, 0.717) is 21.8 Å². The van der Waals surface area contributed by atoms with Crippen LogP contribution in [0, 0.1) is 0 Å². The van der Waals surface area contributed by atoms with Crippen LogP contribution >= 0.6 is 22.7 Å². The molecule has 32 heavy (non-hydrogen) atoms. The van der Waals surface area contributed by atoms with Crippen LogP contribution in [0.1, 0.15) is 33.0 Å². The van der Waals surface area contributed by atoms with Gasteiger partial charge in [0.1, 0.15) is 9.84 Å². The van der Waals surface area contributed by atoms with Gasteiger partial charge in [-0.3, -0.25) is 9.36 Å². The van der Waals surface area contributed by atoms with Crippen molar-refractivity contribution >= 4 is 32.9 Å². The number of thiazole rings is 1. The van der Waals surface area contributed by atoms with E-state index in [-0.39, 0.29) is 12.1 Å². The van der Waals surface area contributed by atoms with E-state index in [1.165, 1.54) is 28.3 Å². The molecule has 1 aromatic carbocycles. The maximum absolute atomic E-state index is 13.2. The standard InChI is InChI=1S/C22H19F3N4OS2/c23-22(24,25)14-3-1-2-13(8-14)11-29-12-28-20-19(21(29)30)16-5-4-15(9-17(16)32-20)27-10-18-26-6-7-31-18/h1-3,6-8,12,15,27H,4-5,9-11H2. The fraction of sp³-hybridized carbons (Fsp3) is 0.318. The van der Waals surface area contributed by atoms with Crippen molar-refractivity contribution in [3.63, 3.8) is 0 Å². The molecule has 0 fully saturated rings. The van der Waals surface area contributed by atoms with Crippen molar-refractivity contribution in [2.24, 2.45) is 0 Å². The van der Waals surface area contributed by atoms with Gasteiger partial charge < -0.3 is 5.32 Å². The minimum Gasteiger partial charge on any atom is -0.307 e. The SMILES string of the molecule is O=c1c2c3c(sc2ncn1Cc1cccc(C(F)(F)F)c1)CC(NCc1nccs1)CC3. The molecule has 5 nitrogen and oxygen atoms in total. The molecule has 166 valence electrons. The first-order valence-corrected chi connectivity index (χ1v) is 11.9. The van der Waals surface area contributed by atoms with Crippen LogP contribution in [0.5, 0.6) is 0 Å². The van der Waals surface area contributed by atoms with Crippen molar-refractivity contribution in [3.05, 3.63) is 79.1 Å². The highest BCUT2D eigenvalue weighted by Crippen LogP contribution is 2.34. The van der Waals surface area contributed by atoms with Crippen molar-refractivity contribution in [1.29, 1.82) is 0 Å². The second-order valence-corrected chi connectivity index (χ2v) is 9.87. The van der Waals surface area contributed by atoms with Gasteiger partial charge in [-0.05, 0) is 42.5 Å². The number of hydrogen-bond donors (Lipinski definition) is 1. The van der Waals surface area contributed by atoms with Crippen LogP contribution in [-0.2, 0) is 32.1 Å². The molecule has 3 heterocycles. The van der Waals surface area contributed by atoms with E-state index in [1.807, 2.05) is 5.38 Å². The molecule has 1 N–H and O–H groups in total. The molecular formula is C22H19F3N4OS2. The number of nitrogens with one attached hydrogen (secondary N) is 1. The Morgan fingerprint density at radius 2 is 2.12 bits per heavy atom. The first-order valence-electron chi connectivity index (χ1n) is 10.2. The summed E-state index contributed by atoms with van der Waals surface area (Å²) in [6, 6.07) is 5.38. The molecule has 3 aromatic heterocycles. The predicted octanol–water partition coefficient (Wildman–Crippen LogP) is 4.63. The average Bonchev–Trinajstić information content (AvgIpc) is 3.41. The molecule has 1 aliphatic carbocycles. The van der Waals surface area contributed by atoms with Crippen molar-refractivity contribution in [1.82, 2.24) is 19.9 Å². The molecule has 4 aromatic rings. The summed E-state index contributed by atoms with van der Waals surface area (Å²) in [5.41, 5.74) is 0.534. The second-order valence-electron chi connectivity index (χ2n) is 7.81. The third kappa shape index (κ3) is 4.22. The highest BCUT2D eigenvalue weighted by atomic mass is 32.1. The normalized spacial score (nSPS) is 16.4. The highest BCUT2D eigenvalue weighted by molar-refractivity contribution is 7.18. The van der Waals surface area contributed by atoms with E-state index in [9.17, 15) is 18.0 Å². The maximum Gasteiger partial charge on any atom is 0.416 e. The van der Waals surface area contributed by atoms with Gasteiger partial charge in [0.25, 0.3) is 5.56 Å². The van der Waals surface area contributed by atoms with Gasteiger partial charge >= 0.3 is 6.18 Å². The summed E-state index contributed by atoms with van der Waals surface area (Å²) in [6.45, 7) is 0.777. The van der Waals surface area contributed by atoms with E-state index in [0.717, 1.165) is 53.4 Å². The number of aryl methyl sites for hydroxylation is 1. The maximum atomic E-state index is 13.2. The number of benzene rings is 1. The Hall–Kier alpha value is -2.56. The third-order valence-electron chi connectivity index (χ3n) is 5.67. The van der Waals surface area contributed by atoms with E-state index in [1.54, 1.807) is 23.6 Å². The van der Waals surface area contributed by atoms with Crippen LogP contribution in [-0.4, -0.2) is 20.6 Å². The number of thiophene rings is 1. The van der Waals surface area contributed by atoms with Crippen molar-refractivity contribution in [3.8, 4) is 0 Å². The number of hydrogen-bond acceptors (Lipinski definition) is 6. The quantitative estimate of drug-likeness (QED) is 0.456. The van der Waals surface area contributed by atoms with E-state index < -0.39 is 11.7 Å². The molecule has 5 rings (SSSR count). The lowest BCUT2D eigenvalue weighted by atomic mass is 9.93. The Morgan fingerprint density at radius 1 is 1.25 bits per heavy atom. The molecular weight excluding hydrogens is 457 g/mol. The topological polar surface area (TPSA) is 59.8 Å². The van der Waals surface area contributed by atoms with Crippen LogP contribution in [0.3, 0.4) is 0 Å². The minimum absolute atomic E-state index is 0.0499. The van der Waals surface area contributed by atoms with Crippen LogP contribution in [0.2, 0.25) is 0 Å². The Morgan fingerprint density at radius 3 is 2.91 bits per heavy atom. The Kier molecular flexibility index (Phi) is 5.60. The second kappa shape index (κ2) is 8.42. The molecule has 0 bridgehead atoms. The first-order chi connectivity index (χ1) is 15.4. The molecule has 0 aliphatic heterocycles. The predicted molar refractivity (Wildman–Crippen MR) is 119 cm³/mol. The lowest BCUT2D eigenvalue weighted by Gasteiger charge is -2.23. The first kappa shape index (κ1) is 21.3. The van der Waals surface area contributed by atoms with E-state index in [4.69, 9.17) is 0 Å². The summed E-state index contributed by atoms with van der Waals surface area (Å²) >= 11 is 3.16. The Labute approximate surface area is 189 Å². The molecule has 0 saturated heterocycles. The smallest absolute Gasteiger partial charge is 0.307 e. The van der Waals surface area contributed by atoms with Crippen LogP contribution in [0.15, 0.2) is 47.0 Å². The summed E-state index contributed by atoms with van der Waals surface area (Å²) in [5.74, 6) is 0. The number of alkyl halides is 3. The number of rotatable bonds is 5. The number of nitrogens with zero attached hydrogens (tertiary/aromatic N) is 3. The lowest BCUT2D eigenvalue weighted by Crippen LogP contribution is -2.33. The summed E-state index contributed by atoms with van der Waals surface area (Å²) < 4.78 is 40.5. The Bertz CT molecular complexity index is 1310. The number of aromatic nitrogens is 3. The van der Waals surface area contributed by atoms with Crippen LogP contribution < -0.4 is 10.9 Å². The summed E-state index contributed by atoms with van der Waals surface area (Å²) in [5, 5.41) is 7.16. The van der Waals surface area contributed by atoms with Crippen LogP contribution in [0.25, 0.3) is 10.2 Å². The van der Waals surface area contributed by atoms with Gasteiger partial charge in [-0.25, -0.2) is 9.97 Å². The minimum atomic E-state index is -4.42. The molecule has 1 unspecified atom stereocenters. The van der Waals surface area contributed by atoms with Gasteiger partial charge in [0.2, 0.25) is 0 Å². The van der Waals surface area contributed by atoms with Gasteiger partial charge in [0.05, 0.1) is 23.8 Å². The average molecular weight is 477 g/mol. The van der Waals surface area contributed by atoms with Gasteiger partial charge in [-0.15, -0.1) is 22.7 Å². The van der Waals surface area contributed by atoms with Crippen molar-refractivity contribution in [2.75, 3.05) is 0 Å². The summed E-state index contributed by atoms with van der Waals surface area (Å²) in [7, 11) is 0. The fourth-order valence-corrected chi connectivity index (χ4v) is 5.93. The lowest BCUT2D eigenvalue weighted by molar-refractivity contribution is -0.137. The highest BCUT2D eigenvalue weighted by Gasteiger charge is 2.30. The monoisotopic (exact) mass is 476 g/mol. The summed E-state index contributed by atoms with van der Waals surface area (Å²) in [4.78, 5) is 23.8. The largest absolute Gasteiger partial charge is 0.416 e. The van der Waals surface area contributed by atoms with Crippen molar-refractivity contribution < 1.29 is 13.2 Å². The molecule has 1 atom stereocenters. The third-order valence-corrected chi connectivity index (χ3v) is 7.61. The molecule has 10 heteroatoms. The Balaban J connectivity index is 1.39. The zero-order valence-electron chi connectivity index (χ0n) is 16.9. The van der Waals surface area contributed by atoms with Crippen molar-refractivity contribution in [2.45, 2.75) is 44.6 Å². The molecule has 0 spiro atoms. The van der Waals surface area contributed by atoms with Crippen LogP contribution in [0.4, 0.5) is 13.2 Å². The summed E-state index contributed by atoms with van der Waals surface area (Å²) in [6.07, 6.45) is 1.32. The molecule has 0 saturated carbocycles. The van der Waals surface area contributed by atoms with E-state index in [2.05, 4.69) is 15.3 Å². The van der Waals surface area contributed by atoms with Gasteiger partial charge in [0.15, 0.2) is 0 Å². The fourth-order valence-electron chi connectivity index (χ4n) is 4.10. The van der Waals surface area contributed by atoms with Gasteiger partial charge in [-0.2, -0.15) is 13.2 Å². The number of fused-ring (bicyclic) bond motifs is 3. The van der Waals surface area contributed by atoms with Gasteiger partial charge in [-0.1, -0.05) is 12.1 Å². The molecule has 0 radical (unpaired) electrons. The van der Waals surface area contributed by atoms with Gasteiger partial charge in [0, 0.05) is 29.0 Å². The zero-order chi connectivity index (χ0) is 22.3. The molecule has 0 amide bonds. The zero-order valence-corrected chi connectivity index (χ0v) is 18.5.